The standard InChI is InChI=1S/C14H26OSi/c1-10(2)13-8-7-12(9-16(4,5)6)14(13)11(3)15/h12,14H,7-9H2,1-6H3/t12-,14-/m1/s1. The molecule has 1 rings (SSSR count). The molecule has 0 amide bonds. The molecule has 0 aromatic rings. The molecule has 0 heterocycles. The molecule has 1 saturated carbocycles. The van der Waals surface area contributed by atoms with Gasteiger partial charge in [-0.3, -0.25) is 4.79 Å². The highest BCUT2D eigenvalue weighted by molar-refractivity contribution is 6.76. The van der Waals surface area contributed by atoms with Crippen molar-refractivity contribution in [1.29, 1.82) is 0 Å². The van der Waals surface area contributed by atoms with E-state index in [1.807, 2.05) is 0 Å². The van der Waals surface area contributed by atoms with Gasteiger partial charge in [0.2, 0.25) is 0 Å². The van der Waals surface area contributed by atoms with Crippen LogP contribution in [-0.2, 0) is 4.79 Å². The molecule has 0 bridgehead atoms. The van der Waals surface area contributed by atoms with Gasteiger partial charge in [-0.15, -0.1) is 0 Å². The Balaban J connectivity index is 2.90. The fourth-order valence-corrected chi connectivity index (χ4v) is 5.11. The summed E-state index contributed by atoms with van der Waals surface area (Å²) in [5, 5.41) is 0. The maximum absolute atomic E-state index is 11.8. The lowest BCUT2D eigenvalue weighted by molar-refractivity contribution is -0.120. The summed E-state index contributed by atoms with van der Waals surface area (Å²) >= 11 is 0. The van der Waals surface area contributed by atoms with Crippen molar-refractivity contribution in [3.05, 3.63) is 11.1 Å². The van der Waals surface area contributed by atoms with Crippen LogP contribution in [0.2, 0.25) is 25.7 Å². The highest BCUT2D eigenvalue weighted by Gasteiger charge is 2.37. The molecule has 0 saturated heterocycles. The minimum atomic E-state index is -1.05. The summed E-state index contributed by atoms with van der Waals surface area (Å²) in [5.74, 6) is 1.27. The number of ketones is 1. The van der Waals surface area contributed by atoms with Crippen molar-refractivity contribution in [2.45, 2.75) is 59.3 Å². The fraction of sp³-hybridized carbons (Fsp3) is 0.786. The lowest BCUT2D eigenvalue weighted by Crippen LogP contribution is -2.28. The molecule has 2 heteroatoms. The summed E-state index contributed by atoms with van der Waals surface area (Å²) in [6.45, 7) is 13.3. The van der Waals surface area contributed by atoms with Gasteiger partial charge >= 0.3 is 0 Å². The maximum Gasteiger partial charge on any atom is 0.137 e. The zero-order valence-electron chi connectivity index (χ0n) is 11.7. The first kappa shape index (κ1) is 13.7. The lowest BCUT2D eigenvalue weighted by Gasteiger charge is -2.25. The van der Waals surface area contributed by atoms with E-state index in [-0.39, 0.29) is 5.92 Å². The van der Waals surface area contributed by atoms with Crippen LogP contribution < -0.4 is 0 Å². The van der Waals surface area contributed by atoms with Crippen molar-refractivity contribution in [3.8, 4) is 0 Å². The Morgan fingerprint density at radius 1 is 1.25 bits per heavy atom. The molecule has 0 spiro atoms. The Labute approximate surface area is 101 Å². The second-order valence-corrected chi connectivity index (χ2v) is 12.2. The first-order valence-electron chi connectivity index (χ1n) is 6.39. The van der Waals surface area contributed by atoms with Crippen molar-refractivity contribution >= 4 is 13.9 Å². The predicted octanol–water partition coefficient (Wildman–Crippen LogP) is 4.28. The summed E-state index contributed by atoms with van der Waals surface area (Å²) in [4.78, 5) is 11.8. The number of carbonyl (C=O) groups excluding carboxylic acids is 1. The molecule has 2 atom stereocenters. The molecule has 1 fully saturated rings. The zero-order chi connectivity index (χ0) is 12.5. The van der Waals surface area contributed by atoms with Gasteiger partial charge in [-0.2, -0.15) is 0 Å². The van der Waals surface area contributed by atoms with Gasteiger partial charge in [0.15, 0.2) is 0 Å². The second-order valence-electron chi connectivity index (χ2n) is 6.68. The van der Waals surface area contributed by atoms with Crippen LogP contribution in [0.15, 0.2) is 11.1 Å². The van der Waals surface area contributed by atoms with Crippen LogP contribution in [0.5, 0.6) is 0 Å². The Bertz CT molecular complexity index is 305. The van der Waals surface area contributed by atoms with Crippen molar-refractivity contribution in [2.24, 2.45) is 11.8 Å². The summed E-state index contributed by atoms with van der Waals surface area (Å²) in [6.07, 6.45) is 2.39. The Kier molecular flexibility index (Phi) is 4.16. The molecule has 0 aliphatic heterocycles. The Morgan fingerprint density at radius 3 is 2.19 bits per heavy atom. The van der Waals surface area contributed by atoms with Gasteiger partial charge in [0.25, 0.3) is 0 Å². The highest BCUT2D eigenvalue weighted by atomic mass is 28.3. The molecule has 16 heavy (non-hydrogen) atoms. The van der Waals surface area contributed by atoms with E-state index in [1.54, 1.807) is 6.92 Å². The smallest absolute Gasteiger partial charge is 0.137 e. The Morgan fingerprint density at radius 2 is 1.81 bits per heavy atom. The molecule has 0 aromatic carbocycles. The average molecular weight is 238 g/mol. The SMILES string of the molecule is CC(=O)[C@H]1C(=C(C)C)CC[C@@H]1C[Si](C)(C)C. The van der Waals surface area contributed by atoms with Gasteiger partial charge in [-0.25, -0.2) is 0 Å². The molecule has 1 aliphatic rings. The van der Waals surface area contributed by atoms with Crippen molar-refractivity contribution in [3.63, 3.8) is 0 Å². The quantitative estimate of drug-likeness (QED) is 0.530. The normalized spacial score (nSPS) is 26.0. The van der Waals surface area contributed by atoms with E-state index in [9.17, 15) is 4.79 Å². The van der Waals surface area contributed by atoms with Crippen LogP contribution in [0.3, 0.4) is 0 Å². The first-order valence-corrected chi connectivity index (χ1v) is 10.1. The Hall–Kier alpha value is -0.373. The van der Waals surface area contributed by atoms with Crippen molar-refractivity contribution in [2.75, 3.05) is 0 Å². The minimum Gasteiger partial charge on any atom is -0.299 e. The third-order valence-electron chi connectivity index (χ3n) is 3.59. The van der Waals surface area contributed by atoms with Gasteiger partial charge in [0.1, 0.15) is 5.78 Å². The van der Waals surface area contributed by atoms with Crippen molar-refractivity contribution < 1.29 is 4.79 Å². The van der Waals surface area contributed by atoms with Crippen LogP contribution >= 0.6 is 0 Å². The molecule has 1 aliphatic carbocycles. The average Bonchev–Trinajstić information content (AvgIpc) is 2.44. The largest absolute Gasteiger partial charge is 0.299 e. The third-order valence-corrected chi connectivity index (χ3v) is 5.34. The van der Waals surface area contributed by atoms with Crippen LogP contribution in [-0.4, -0.2) is 13.9 Å². The maximum atomic E-state index is 11.8. The van der Waals surface area contributed by atoms with Crippen molar-refractivity contribution in [1.82, 2.24) is 0 Å². The number of rotatable bonds is 3. The van der Waals surface area contributed by atoms with Gasteiger partial charge in [-0.1, -0.05) is 36.8 Å². The fourth-order valence-electron chi connectivity index (χ4n) is 3.09. The molecule has 1 nitrogen and oxygen atoms in total. The second kappa shape index (κ2) is 4.87. The lowest BCUT2D eigenvalue weighted by atomic mass is 9.89. The summed E-state index contributed by atoms with van der Waals surface area (Å²) in [7, 11) is -1.05. The number of allylic oxidation sites excluding steroid dienone is 2. The number of hydrogen-bond acceptors (Lipinski definition) is 1. The van der Waals surface area contributed by atoms with E-state index < -0.39 is 8.07 Å². The van der Waals surface area contributed by atoms with Crippen LogP contribution in [0.4, 0.5) is 0 Å². The highest BCUT2D eigenvalue weighted by Crippen LogP contribution is 2.42. The number of carbonyl (C=O) groups is 1. The topological polar surface area (TPSA) is 17.1 Å². The van der Waals surface area contributed by atoms with Gasteiger partial charge in [-0.05, 0) is 39.5 Å². The first-order chi connectivity index (χ1) is 7.22. The van der Waals surface area contributed by atoms with E-state index >= 15 is 0 Å². The summed E-state index contributed by atoms with van der Waals surface area (Å²) in [6, 6.07) is 1.30. The summed E-state index contributed by atoms with van der Waals surface area (Å²) in [5.41, 5.74) is 2.81. The van der Waals surface area contributed by atoms with Gasteiger partial charge < -0.3 is 0 Å². The van der Waals surface area contributed by atoms with E-state index in [1.165, 1.54) is 23.6 Å². The molecule has 0 N–H and O–H groups in total. The third kappa shape index (κ3) is 3.31. The van der Waals surface area contributed by atoms with Gasteiger partial charge in [0.05, 0.1) is 0 Å². The van der Waals surface area contributed by atoms with E-state index in [0.29, 0.717) is 11.7 Å². The molecule has 0 radical (unpaired) electrons. The van der Waals surface area contributed by atoms with E-state index in [0.717, 1.165) is 6.42 Å². The number of Topliss-reactive ketones (excluding diaryl/α,β-unsaturated/α-hetero) is 1. The molecule has 0 aromatic heterocycles. The van der Waals surface area contributed by atoms with Gasteiger partial charge in [0, 0.05) is 14.0 Å². The monoisotopic (exact) mass is 238 g/mol. The van der Waals surface area contributed by atoms with E-state index in [4.69, 9.17) is 0 Å². The summed E-state index contributed by atoms with van der Waals surface area (Å²) < 4.78 is 0. The van der Waals surface area contributed by atoms with Crippen LogP contribution in [0.25, 0.3) is 0 Å². The molecular weight excluding hydrogens is 212 g/mol. The molecular formula is C14H26OSi. The minimum absolute atomic E-state index is 0.247. The van der Waals surface area contributed by atoms with E-state index in [2.05, 4.69) is 33.5 Å². The molecule has 92 valence electrons. The molecule has 0 unspecified atom stereocenters. The predicted molar refractivity (Wildman–Crippen MR) is 73.4 cm³/mol. The zero-order valence-corrected chi connectivity index (χ0v) is 12.7. The number of hydrogen-bond donors (Lipinski definition) is 0. The van der Waals surface area contributed by atoms with Crippen LogP contribution in [0, 0.1) is 11.8 Å². The van der Waals surface area contributed by atoms with Crippen LogP contribution in [0.1, 0.15) is 33.6 Å².